The molecule has 2 heterocycles. The third-order valence-corrected chi connectivity index (χ3v) is 3.10. The van der Waals surface area contributed by atoms with Gasteiger partial charge in [0.1, 0.15) is 11.5 Å². The van der Waals surface area contributed by atoms with E-state index in [1.54, 1.807) is 19.1 Å². The summed E-state index contributed by atoms with van der Waals surface area (Å²) in [6.07, 6.45) is 2.52. The Morgan fingerprint density at radius 2 is 2.33 bits per heavy atom. The molecule has 0 aliphatic heterocycles. The van der Waals surface area contributed by atoms with Crippen LogP contribution in [0.1, 0.15) is 36.7 Å². The third-order valence-electron chi connectivity index (χ3n) is 3.10. The van der Waals surface area contributed by atoms with Crippen molar-refractivity contribution in [1.29, 1.82) is 0 Å². The fourth-order valence-electron chi connectivity index (χ4n) is 2.09. The number of esters is 1. The highest BCUT2D eigenvalue weighted by Gasteiger charge is 2.27. The summed E-state index contributed by atoms with van der Waals surface area (Å²) in [5.74, 6) is 0.107. The van der Waals surface area contributed by atoms with Crippen molar-refractivity contribution in [2.24, 2.45) is 0 Å². The first-order valence-electron chi connectivity index (χ1n) is 6.67. The molecule has 0 radical (unpaired) electrons. The Morgan fingerprint density at radius 3 is 2.86 bits per heavy atom. The number of anilines is 1. The quantitative estimate of drug-likeness (QED) is 0.645. The first-order chi connectivity index (χ1) is 10.1. The lowest BCUT2D eigenvalue weighted by molar-refractivity contribution is -0.147. The Bertz CT molecular complexity index is 631. The van der Waals surface area contributed by atoms with Crippen LogP contribution in [0.5, 0.6) is 0 Å². The number of ether oxygens (including phenoxy) is 1. The van der Waals surface area contributed by atoms with Gasteiger partial charge in [-0.1, -0.05) is 6.92 Å². The van der Waals surface area contributed by atoms with Crippen molar-refractivity contribution >= 4 is 18.1 Å². The molecule has 0 aliphatic rings. The van der Waals surface area contributed by atoms with E-state index in [1.807, 2.05) is 6.92 Å². The van der Waals surface area contributed by atoms with Gasteiger partial charge in [0.25, 0.3) is 0 Å². The van der Waals surface area contributed by atoms with E-state index in [0.717, 1.165) is 0 Å². The molecule has 0 saturated carbocycles. The van der Waals surface area contributed by atoms with E-state index in [0.29, 0.717) is 24.2 Å². The molecule has 112 valence electrons. The summed E-state index contributed by atoms with van der Waals surface area (Å²) in [4.78, 5) is 23.2. The predicted molar refractivity (Wildman–Crippen MR) is 75.7 cm³/mol. The lowest BCUT2D eigenvalue weighted by Gasteiger charge is -2.15. The number of hydrogen-bond donors (Lipinski definition) is 1. The Morgan fingerprint density at radius 1 is 1.57 bits per heavy atom. The minimum Gasteiger partial charge on any atom is -0.464 e. The van der Waals surface area contributed by atoms with Gasteiger partial charge in [-0.05, 0) is 25.5 Å². The van der Waals surface area contributed by atoms with E-state index in [4.69, 9.17) is 14.9 Å². The van der Waals surface area contributed by atoms with Crippen molar-refractivity contribution in [2.75, 3.05) is 12.3 Å². The van der Waals surface area contributed by atoms with Gasteiger partial charge in [-0.15, -0.1) is 0 Å². The number of carbonyl (C=O) groups is 2. The standard InChI is InChI=1S/C14H17N3O4/c1-3-10(14(19)20-4-2)17-13(15)9(8-18)12(16-17)11-6-5-7-21-11/h5-8,10H,3-4,15H2,1-2H3. The predicted octanol–water partition coefficient (Wildman–Crippen LogP) is 2.05. The van der Waals surface area contributed by atoms with E-state index in [-0.39, 0.29) is 18.0 Å². The van der Waals surface area contributed by atoms with Crippen molar-refractivity contribution in [1.82, 2.24) is 9.78 Å². The van der Waals surface area contributed by atoms with E-state index in [9.17, 15) is 9.59 Å². The molecule has 0 spiro atoms. The first kappa shape index (κ1) is 14.8. The Balaban J connectivity index is 2.49. The third kappa shape index (κ3) is 2.67. The molecule has 1 unspecified atom stereocenters. The van der Waals surface area contributed by atoms with Crippen LogP contribution in [-0.4, -0.2) is 28.6 Å². The van der Waals surface area contributed by atoms with Crippen LogP contribution in [0.3, 0.4) is 0 Å². The SMILES string of the molecule is CCOC(=O)C(CC)n1nc(-c2ccco2)c(C=O)c1N. The molecule has 2 rings (SSSR count). The van der Waals surface area contributed by atoms with Crippen LogP contribution in [0.2, 0.25) is 0 Å². The zero-order chi connectivity index (χ0) is 15.4. The molecule has 21 heavy (non-hydrogen) atoms. The minimum atomic E-state index is -0.674. The highest BCUT2D eigenvalue weighted by Crippen LogP contribution is 2.29. The van der Waals surface area contributed by atoms with E-state index >= 15 is 0 Å². The lowest BCUT2D eigenvalue weighted by atomic mass is 10.2. The normalized spacial score (nSPS) is 12.1. The maximum Gasteiger partial charge on any atom is 0.330 e. The second-order valence-electron chi connectivity index (χ2n) is 4.36. The lowest BCUT2D eigenvalue weighted by Crippen LogP contribution is -2.23. The minimum absolute atomic E-state index is 0.122. The molecule has 0 amide bonds. The molecule has 2 aromatic heterocycles. The largest absolute Gasteiger partial charge is 0.464 e. The van der Waals surface area contributed by atoms with Crippen molar-refractivity contribution in [2.45, 2.75) is 26.3 Å². The van der Waals surface area contributed by atoms with Crippen molar-refractivity contribution < 1.29 is 18.7 Å². The van der Waals surface area contributed by atoms with Gasteiger partial charge >= 0.3 is 5.97 Å². The number of nitrogens with two attached hydrogens (primary N) is 1. The molecular formula is C14H17N3O4. The van der Waals surface area contributed by atoms with Gasteiger partial charge in [0.05, 0.1) is 18.4 Å². The molecule has 2 N–H and O–H groups in total. The van der Waals surface area contributed by atoms with Gasteiger partial charge < -0.3 is 14.9 Å². The Kier molecular flexibility index (Phi) is 4.42. The number of hydrogen-bond acceptors (Lipinski definition) is 6. The maximum atomic E-state index is 12.0. The summed E-state index contributed by atoms with van der Waals surface area (Å²) >= 11 is 0. The molecule has 7 nitrogen and oxygen atoms in total. The summed E-state index contributed by atoms with van der Waals surface area (Å²) in [6.45, 7) is 3.81. The zero-order valence-corrected chi connectivity index (χ0v) is 11.9. The average Bonchev–Trinajstić information content (AvgIpc) is 3.08. The van der Waals surface area contributed by atoms with Gasteiger partial charge in [-0.25, -0.2) is 9.48 Å². The fourth-order valence-corrected chi connectivity index (χ4v) is 2.09. The first-order valence-corrected chi connectivity index (χ1v) is 6.67. The molecular weight excluding hydrogens is 274 g/mol. The molecule has 7 heteroatoms. The number of aromatic nitrogens is 2. The van der Waals surface area contributed by atoms with E-state index in [2.05, 4.69) is 5.10 Å². The van der Waals surface area contributed by atoms with Crippen LogP contribution in [0, 0.1) is 0 Å². The summed E-state index contributed by atoms with van der Waals surface area (Å²) in [5, 5.41) is 4.26. The number of nitrogens with zero attached hydrogens (tertiary/aromatic N) is 2. The van der Waals surface area contributed by atoms with Crippen LogP contribution >= 0.6 is 0 Å². The van der Waals surface area contributed by atoms with Crippen LogP contribution < -0.4 is 5.73 Å². The monoisotopic (exact) mass is 291 g/mol. The van der Waals surface area contributed by atoms with Crippen LogP contribution in [-0.2, 0) is 9.53 Å². The van der Waals surface area contributed by atoms with E-state index < -0.39 is 12.0 Å². The molecule has 0 aromatic carbocycles. The number of nitrogen functional groups attached to an aromatic ring is 1. The topological polar surface area (TPSA) is 100 Å². The molecule has 0 saturated heterocycles. The summed E-state index contributed by atoms with van der Waals surface area (Å²) in [5.41, 5.74) is 6.47. The highest BCUT2D eigenvalue weighted by atomic mass is 16.5. The fraction of sp³-hybridized carbons (Fsp3) is 0.357. The van der Waals surface area contributed by atoms with Crippen molar-refractivity contribution in [3.8, 4) is 11.5 Å². The zero-order valence-electron chi connectivity index (χ0n) is 11.9. The van der Waals surface area contributed by atoms with Crippen LogP contribution in [0.25, 0.3) is 11.5 Å². The molecule has 2 aromatic rings. The van der Waals surface area contributed by atoms with Gasteiger partial charge in [0, 0.05) is 0 Å². The van der Waals surface area contributed by atoms with Gasteiger partial charge in [0.15, 0.2) is 18.1 Å². The molecule has 0 bridgehead atoms. The summed E-state index contributed by atoms with van der Waals surface area (Å²) in [6, 6.07) is 2.68. The van der Waals surface area contributed by atoms with Crippen LogP contribution in [0.15, 0.2) is 22.8 Å². The maximum absolute atomic E-state index is 12.0. The number of rotatable bonds is 6. The summed E-state index contributed by atoms with van der Waals surface area (Å²) < 4.78 is 11.6. The van der Waals surface area contributed by atoms with Gasteiger partial charge in [-0.2, -0.15) is 5.10 Å². The second kappa shape index (κ2) is 6.25. The average molecular weight is 291 g/mol. The second-order valence-corrected chi connectivity index (χ2v) is 4.36. The Hall–Kier alpha value is -2.57. The van der Waals surface area contributed by atoms with Crippen LogP contribution in [0.4, 0.5) is 5.82 Å². The number of furan rings is 1. The molecule has 0 fully saturated rings. The van der Waals surface area contributed by atoms with Gasteiger partial charge in [-0.3, -0.25) is 4.79 Å². The van der Waals surface area contributed by atoms with Crippen molar-refractivity contribution in [3.05, 3.63) is 24.0 Å². The highest BCUT2D eigenvalue weighted by molar-refractivity contribution is 5.91. The smallest absolute Gasteiger partial charge is 0.330 e. The van der Waals surface area contributed by atoms with E-state index in [1.165, 1.54) is 10.9 Å². The number of aldehydes is 1. The molecule has 1 atom stereocenters. The van der Waals surface area contributed by atoms with Crippen molar-refractivity contribution in [3.63, 3.8) is 0 Å². The molecule has 0 aliphatic carbocycles. The Labute approximate surface area is 121 Å². The summed E-state index contributed by atoms with van der Waals surface area (Å²) in [7, 11) is 0. The number of carbonyl (C=O) groups excluding carboxylic acids is 2. The van der Waals surface area contributed by atoms with Gasteiger partial charge in [0.2, 0.25) is 0 Å².